The number of carbonyl (C=O) groups is 1. The van der Waals surface area contributed by atoms with E-state index < -0.39 is 12.0 Å². The maximum Gasteiger partial charge on any atom is 0.325 e. The number of carboxylic acids is 1. The van der Waals surface area contributed by atoms with Gasteiger partial charge in [0.1, 0.15) is 6.04 Å². The van der Waals surface area contributed by atoms with Crippen molar-refractivity contribution in [1.29, 1.82) is 0 Å². The molecule has 1 atom stereocenters. The van der Waals surface area contributed by atoms with Crippen LogP contribution in [0.25, 0.3) is 0 Å². The number of carboxylic acid groups (broad SMARTS) is 1. The van der Waals surface area contributed by atoms with Crippen molar-refractivity contribution in [2.24, 2.45) is 0 Å². The summed E-state index contributed by atoms with van der Waals surface area (Å²) in [4.78, 5) is 13.2. The van der Waals surface area contributed by atoms with Crippen LogP contribution in [-0.4, -0.2) is 29.1 Å². The Bertz CT molecular complexity index is 377. The van der Waals surface area contributed by atoms with Gasteiger partial charge in [-0.1, -0.05) is 28.1 Å². The molecule has 1 aromatic carbocycles. The van der Waals surface area contributed by atoms with Gasteiger partial charge in [-0.3, -0.25) is 9.69 Å². The summed E-state index contributed by atoms with van der Waals surface area (Å²) in [6.07, 6.45) is 1.10. The monoisotopic (exact) mass is 269 g/mol. The topological polar surface area (TPSA) is 40.5 Å². The molecule has 0 saturated carbocycles. The van der Waals surface area contributed by atoms with E-state index in [1.807, 2.05) is 29.2 Å². The average molecular weight is 270 g/mol. The van der Waals surface area contributed by atoms with Crippen molar-refractivity contribution in [1.82, 2.24) is 4.90 Å². The van der Waals surface area contributed by atoms with Gasteiger partial charge in [0, 0.05) is 17.6 Å². The fourth-order valence-electron chi connectivity index (χ4n) is 1.79. The normalized spacial score (nSPS) is 18.2. The smallest absolute Gasteiger partial charge is 0.325 e. The lowest BCUT2D eigenvalue weighted by molar-refractivity contribution is -0.145. The van der Waals surface area contributed by atoms with Crippen LogP contribution >= 0.6 is 15.9 Å². The van der Waals surface area contributed by atoms with Gasteiger partial charge in [-0.2, -0.15) is 0 Å². The first-order chi connectivity index (χ1) is 7.18. The fraction of sp³-hybridized carbons (Fsp3) is 0.364. The van der Waals surface area contributed by atoms with E-state index in [2.05, 4.69) is 15.9 Å². The zero-order valence-corrected chi connectivity index (χ0v) is 9.77. The van der Waals surface area contributed by atoms with Gasteiger partial charge in [0.15, 0.2) is 0 Å². The Morgan fingerprint density at radius 1 is 1.47 bits per heavy atom. The summed E-state index contributed by atoms with van der Waals surface area (Å²) in [7, 11) is 0. The summed E-state index contributed by atoms with van der Waals surface area (Å²) in [5.74, 6) is -0.771. The number of benzene rings is 1. The van der Waals surface area contributed by atoms with Crippen LogP contribution in [0, 0.1) is 0 Å². The average Bonchev–Trinajstić information content (AvgIpc) is 2.10. The van der Waals surface area contributed by atoms with Crippen molar-refractivity contribution >= 4 is 21.9 Å². The lowest BCUT2D eigenvalue weighted by Crippen LogP contribution is -2.43. The van der Waals surface area contributed by atoms with Crippen molar-refractivity contribution in [3.63, 3.8) is 0 Å². The third-order valence-corrected chi connectivity index (χ3v) is 3.15. The second-order valence-corrected chi connectivity index (χ2v) is 4.60. The van der Waals surface area contributed by atoms with Gasteiger partial charge in [0.25, 0.3) is 0 Å². The van der Waals surface area contributed by atoms with Crippen LogP contribution in [0.15, 0.2) is 28.7 Å². The Labute approximate surface area is 96.8 Å². The lowest BCUT2D eigenvalue weighted by Gasteiger charge is -2.36. The largest absolute Gasteiger partial charge is 0.480 e. The molecule has 0 aliphatic carbocycles. The minimum Gasteiger partial charge on any atom is -0.480 e. The molecule has 1 fully saturated rings. The SMILES string of the molecule is O=C(O)C(c1cccc(Br)c1)N1CCC1. The second-order valence-electron chi connectivity index (χ2n) is 3.69. The maximum absolute atomic E-state index is 11.2. The van der Waals surface area contributed by atoms with E-state index in [1.165, 1.54) is 0 Å². The number of halogens is 1. The summed E-state index contributed by atoms with van der Waals surface area (Å²) >= 11 is 3.36. The van der Waals surface area contributed by atoms with Crippen LogP contribution in [-0.2, 0) is 4.79 Å². The third kappa shape index (κ3) is 2.21. The summed E-state index contributed by atoms with van der Waals surface area (Å²) in [5.41, 5.74) is 0.844. The Morgan fingerprint density at radius 2 is 2.20 bits per heavy atom. The number of hydrogen-bond donors (Lipinski definition) is 1. The molecule has 3 nitrogen and oxygen atoms in total. The lowest BCUT2D eigenvalue weighted by atomic mass is 10.0. The standard InChI is InChI=1S/C11H12BrNO2/c12-9-4-1-3-8(7-9)10(11(14)15)13-5-2-6-13/h1,3-4,7,10H,2,5-6H2,(H,14,15). The van der Waals surface area contributed by atoms with Gasteiger partial charge in [0.05, 0.1) is 0 Å². The molecule has 1 aliphatic rings. The van der Waals surface area contributed by atoms with Gasteiger partial charge >= 0.3 is 5.97 Å². The molecule has 1 unspecified atom stereocenters. The fourth-order valence-corrected chi connectivity index (χ4v) is 2.20. The van der Waals surface area contributed by atoms with E-state index in [0.717, 1.165) is 29.5 Å². The first-order valence-electron chi connectivity index (χ1n) is 4.91. The molecule has 2 rings (SSSR count). The predicted molar refractivity (Wildman–Crippen MR) is 60.7 cm³/mol. The van der Waals surface area contributed by atoms with Crippen molar-refractivity contribution in [2.75, 3.05) is 13.1 Å². The van der Waals surface area contributed by atoms with E-state index in [1.54, 1.807) is 0 Å². The molecule has 1 saturated heterocycles. The van der Waals surface area contributed by atoms with E-state index in [9.17, 15) is 9.90 Å². The van der Waals surface area contributed by atoms with Crippen molar-refractivity contribution in [2.45, 2.75) is 12.5 Å². The van der Waals surface area contributed by atoms with E-state index >= 15 is 0 Å². The van der Waals surface area contributed by atoms with Gasteiger partial charge in [-0.25, -0.2) is 0 Å². The Kier molecular flexibility index (Phi) is 3.07. The van der Waals surface area contributed by atoms with Crippen molar-refractivity contribution in [3.8, 4) is 0 Å². The zero-order valence-electron chi connectivity index (χ0n) is 8.19. The third-order valence-electron chi connectivity index (χ3n) is 2.65. The molecule has 0 amide bonds. The first kappa shape index (κ1) is 10.6. The Hall–Kier alpha value is -0.870. The summed E-state index contributed by atoms with van der Waals surface area (Å²) in [6, 6.07) is 7.02. The molecule has 1 aromatic rings. The highest BCUT2D eigenvalue weighted by Crippen LogP contribution is 2.27. The van der Waals surface area contributed by atoms with Crippen molar-refractivity contribution in [3.05, 3.63) is 34.3 Å². The number of aliphatic carboxylic acids is 1. The Morgan fingerprint density at radius 3 is 2.67 bits per heavy atom. The highest BCUT2D eigenvalue weighted by atomic mass is 79.9. The quantitative estimate of drug-likeness (QED) is 0.916. The summed E-state index contributed by atoms with van der Waals surface area (Å²) < 4.78 is 0.923. The van der Waals surface area contributed by atoms with Crippen LogP contribution < -0.4 is 0 Å². The molecule has 1 N–H and O–H groups in total. The summed E-state index contributed by atoms with van der Waals surface area (Å²) in [6.45, 7) is 1.76. The highest BCUT2D eigenvalue weighted by Gasteiger charge is 2.30. The second kappa shape index (κ2) is 4.33. The zero-order chi connectivity index (χ0) is 10.8. The number of hydrogen-bond acceptors (Lipinski definition) is 2. The van der Waals surface area contributed by atoms with Crippen LogP contribution in [0.2, 0.25) is 0 Å². The Balaban J connectivity index is 2.27. The molecule has 4 heteroatoms. The van der Waals surface area contributed by atoms with E-state index in [4.69, 9.17) is 0 Å². The molecule has 1 aliphatic heterocycles. The molecule has 1 heterocycles. The maximum atomic E-state index is 11.2. The predicted octanol–water partition coefficient (Wildman–Crippen LogP) is 2.28. The molecule has 0 aromatic heterocycles. The van der Waals surface area contributed by atoms with Gasteiger partial charge in [-0.15, -0.1) is 0 Å². The molecular formula is C11H12BrNO2. The molecule has 15 heavy (non-hydrogen) atoms. The first-order valence-corrected chi connectivity index (χ1v) is 5.70. The molecule has 0 spiro atoms. The van der Waals surface area contributed by atoms with E-state index in [0.29, 0.717) is 0 Å². The van der Waals surface area contributed by atoms with Crippen LogP contribution in [0.4, 0.5) is 0 Å². The van der Waals surface area contributed by atoms with Crippen molar-refractivity contribution < 1.29 is 9.90 Å². The number of rotatable bonds is 3. The van der Waals surface area contributed by atoms with Crippen LogP contribution in [0.3, 0.4) is 0 Å². The van der Waals surface area contributed by atoms with Gasteiger partial charge < -0.3 is 5.11 Å². The number of likely N-dealkylation sites (tertiary alicyclic amines) is 1. The summed E-state index contributed by atoms with van der Waals surface area (Å²) in [5, 5.41) is 9.20. The van der Waals surface area contributed by atoms with E-state index in [-0.39, 0.29) is 0 Å². The minimum atomic E-state index is -0.771. The van der Waals surface area contributed by atoms with Gasteiger partial charge in [0.2, 0.25) is 0 Å². The molecule has 0 radical (unpaired) electrons. The van der Waals surface area contributed by atoms with Crippen LogP contribution in [0.1, 0.15) is 18.0 Å². The molecule has 0 bridgehead atoms. The minimum absolute atomic E-state index is 0.490. The van der Waals surface area contributed by atoms with Crippen LogP contribution in [0.5, 0.6) is 0 Å². The number of nitrogens with zero attached hydrogens (tertiary/aromatic N) is 1. The molecular weight excluding hydrogens is 258 g/mol. The molecule has 80 valence electrons. The highest BCUT2D eigenvalue weighted by molar-refractivity contribution is 9.10. The van der Waals surface area contributed by atoms with Gasteiger partial charge in [-0.05, 0) is 24.1 Å².